The number of sulfonamides is 1. The van der Waals surface area contributed by atoms with E-state index in [4.69, 9.17) is 0 Å². The standard InChI is InChI=1S/C14H21NO3S2/c16-10-13-14(7-9-19-13)20(17,18)15-8-3-6-12(15)11-4-1-2-5-11/h7,9,11-12,16H,1-6,8,10H2. The number of rotatable bonds is 4. The van der Waals surface area contributed by atoms with Crippen LogP contribution in [0.3, 0.4) is 0 Å². The fourth-order valence-corrected chi connectivity index (χ4v) is 6.70. The van der Waals surface area contributed by atoms with Crippen LogP contribution in [0.15, 0.2) is 16.3 Å². The molecule has 2 aliphatic rings. The summed E-state index contributed by atoms with van der Waals surface area (Å²) in [5.74, 6) is 0.531. The van der Waals surface area contributed by atoms with Crippen LogP contribution in [0, 0.1) is 5.92 Å². The van der Waals surface area contributed by atoms with Crippen LogP contribution in [0.4, 0.5) is 0 Å². The van der Waals surface area contributed by atoms with E-state index in [9.17, 15) is 13.5 Å². The van der Waals surface area contributed by atoms with Crippen LogP contribution in [0.2, 0.25) is 0 Å². The van der Waals surface area contributed by atoms with Crippen LogP contribution in [-0.4, -0.2) is 30.4 Å². The van der Waals surface area contributed by atoms with E-state index in [-0.39, 0.29) is 12.6 Å². The first-order valence-electron chi connectivity index (χ1n) is 7.33. The summed E-state index contributed by atoms with van der Waals surface area (Å²) in [4.78, 5) is 0.872. The summed E-state index contributed by atoms with van der Waals surface area (Å²) in [5, 5.41) is 11.1. The van der Waals surface area contributed by atoms with Crippen molar-refractivity contribution < 1.29 is 13.5 Å². The Bertz CT molecular complexity index is 561. The lowest BCUT2D eigenvalue weighted by Gasteiger charge is -2.28. The molecule has 2 fully saturated rings. The Balaban J connectivity index is 1.90. The number of hydrogen-bond donors (Lipinski definition) is 1. The number of nitrogens with zero attached hydrogens (tertiary/aromatic N) is 1. The van der Waals surface area contributed by atoms with Gasteiger partial charge in [0.25, 0.3) is 0 Å². The van der Waals surface area contributed by atoms with E-state index in [1.165, 1.54) is 24.2 Å². The molecule has 0 amide bonds. The molecule has 1 unspecified atom stereocenters. The van der Waals surface area contributed by atoms with Gasteiger partial charge in [-0.1, -0.05) is 12.8 Å². The second-order valence-corrected chi connectivity index (χ2v) is 8.60. The maximum Gasteiger partial charge on any atom is 0.244 e. The Morgan fingerprint density at radius 3 is 2.70 bits per heavy atom. The van der Waals surface area contributed by atoms with E-state index < -0.39 is 10.0 Å². The van der Waals surface area contributed by atoms with Crippen LogP contribution >= 0.6 is 11.3 Å². The van der Waals surface area contributed by atoms with E-state index >= 15 is 0 Å². The third kappa shape index (κ3) is 2.43. The summed E-state index contributed by atoms with van der Waals surface area (Å²) in [6, 6.07) is 1.81. The number of aliphatic hydroxyl groups is 1. The Morgan fingerprint density at radius 1 is 1.25 bits per heavy atom. The van der Waals surface area contributed by atoms with Crippen molar-refractivity contribution >= 4 is 21.4 Å². The van der Waals surface area contributed by atoms with Crippen LogP contribution in [-0.2, 0) is 16.6 Å². The molecule has 0 aromatic carbocycles. The maximum absolute atomic E-state index is 12.9. The average molecular weight is 315 g/mol. The van der Waals surface area contributed by atoms with E-state index in [1.54, 1.807) is 15.8 Å². The van der Waals surface area contributed by atoms with Crippen LogP contribution in [0.5, 0.6) is 0 Å². The van der Waals surface area contributed by atoms with Crippen molar-refractivity contribution in [3.05, 3.63) is 16.3 Å². The van der Waals surface area contributed by atoms with Crippen molar-refractivity contribution in [3.8, 4) is 0 Å². The van der Waals surface area contributed by atoms with Crippen molar-refractivity contribution in [3.63, 3.8) is 0 Å². The van der Waals surface area contributed by atoms with Crippen molar-refractivity contribution in [1.82, 2.24) is 4.31 Å². The van der Waals surface area contributed by atoms with E-state index in [2.05, 4.69) is 0 Å². The molecule has 1 aromatic rings. The molecule has 3 rings (SSSR count). The van der Waals surface area contributed by atoms with Crippen molar-refractivity contribution in [2.24, 2.45) is 5.92 Å². The van der Waals surface area contributed by atoms with E-state index in [0.29, 0.717) is 22.2 Å². The Kier molecular flexibility index (Phi) is 4.17. The van der Waals surface area contributed by atoms with Gasteiger partial charge in [0.2, 0.25) is 10.0 Å². The molecule has 4 nitrogen and oxygen atoms in total. The van der Waals surface area contributed by atoms with Gasteiger partial charge in [0.05, 0.1) is 11.5 Å². The molecule has 112 valence electrons. The zero-order valence-electron chi connectivity index (χ0n) is 11.5. The second-order valence-electron chi connectivity index (χ2n) is 5.74. The zero-order chi connectivity index (χ0) is 14.2. The van der Waals surface area contributed by atoms with Gasteiger partial charge in [-0.25, -0.2) is 8.42 Å². The minimum absolute atomic E-state index is 0.175. The molecule has 0 bridgehead atoms. The third-order valence-corrected chi connectivity index (χ3v) is 7.67. The van der Waals surface area contributed by atoms with Gasteiger partial charge >= 0.3 is 0 Å². The molecule has 0 radical (unpaired) electrons. The van der Waals surface area contributed by atoms with Gasteiger partial charge in [-0.2, -0.15) is 4.31 Å². The zero-order valence-corrected chi connectivity index (χ0v) is 13.1. The summed E-state index contributed by atoms with van der Waals surface area (Å²) in [6.07, 6.45) is 6.73. The largest absolute Gasteiger partial charge is 0.391 e. The summed E-state index contributed by atoms with van der Waals surface area (Å²) >= 11 is 1.31. The Morgan fingerprint density at radius 2 is 2.00 bits per heavy atom. The van der Waals surface area contributed by atoms with Gasteiger partial charge < -0.3 is 5.11 Å². The SMILES string of the molecule is O=S(=O)(c1ccsc1CO)N1CCCC1C1CCCC1. The lowest BCUT2D eigenvalue weighted by Crippen LogP contribution is -2.39. The number of thiophene rings is 1. The lowest BCUT2D eigenvalue weighted by molar-refractivity contribution is 0.277. The van der Waals surface area contributed by atoms with Gasteiger partial charge in [0.15, 0.2) is 0 Å². The van der Waals surface area contributed by atoms with Gasteiger partial charge in [-0.15, -0.1) is 11.3 Å². The first-order valence-corrected chi connectivity index (χ1v) is 9.65. The van der Waals surface area contributed by atoms with Crippen LogP contribution < -0.4 is 0 Å². The molecule has 20 heavy (non-hydrogen) atoms. The molecule has 1 aliphatic heterocycles. The Hall–Kier alpha value is -0.430. The minimum atomic E-state index is -3.44. The van der Waals surface area contributed by atoms with E-state index in [1.807, 2.05) is 0 Å². The highest BCUT2D eigenvalue weighted by atomic mass is 32.2. The molecular weight excluding hydrogens is 294 g/mol. The van der Waals surface area contributed by atoms with Gasteiger partial charge in [0.1, 0.15) is 0 Å². The fourth-order valence-electron chi connectivity index (χ4n) is 3.68. The lowest BCUT2D eigenvalue weighted by atomic mass is 9.97. The van der Waals surface area contributed by atoms with Crippen molar-refractivity contribution in [1.29, 1.82) is 0 Å². The summed E-state index contributed by atoms with van der Waals surface area (Å²) in [7, 11) is -3.44. The molecule has 0 spiro atoms. The fraction of sp³-hybridized carbons (Fsp3) is 0.714. The molecule has 6 heteroatoms. The van der Waals surface area contributed by atoms with Crippen molar-refractivity contribution in [2.45, 2.75) is 56.1 Å². The second kappa shape index (κ2) is 5.75. The summed E-state index contributed by atoms with van der Waals surface area (Å²) in [6.45, 7) is 0.429. The first-order chi connectivity index (χ1) is 9.64. The van der Waals surface area contributed by atoms with Gasteiger partial charge in [-0.3, -0.25) is 0 Å². The predicted molar refractivity (Wildman–Crippen MR) is 79.1 cm³/mol. The van der Waals surface area contributed by atoms with Crippen molar-refractivity contribution in [2.75, 3.05) is 6.54 Å². The predicted octanol–water partition coefficient (Wildman–Crippen LogP) is 2.58. The normalized spacial score (nSPS) is 25.6. The highest BCUT2D eigenvalue weighted by Gasteiger charge is 2.41. The highest BCUT2D eigenvalue weighted by Crippen LogP contribution is 2.39. The number of hydrogen-bond acceptors (Lipinski definition) is 4. The maximum atomic E-state index is 12.9. The van der Waals surface area contributed by atoms with Crippen LogP contribution in [0.1, 0.15) is 43.4 Å². The quantitative estimate of drug-likeness (QED) is 0.929. The summed E-state index contributed by atoms with van der Waals surface area (Å²) in [5.41, 5.74) is 0. The topological polar surface area (TPSA) is 57.6 Å². The van der Waals surface area contributed by atoms with Crippen LogP contribution in [0.25, 0.3) is 0 Å². The monoisotopic (exact) mass is 315 g/mol. The average Bonchev–Trinajstić information content (AvgIpc) is 3.17. The third-order valence-electron chi connectivity index (χ3n) is 4.63. The van der Waals surface area contributed by atoms with E-state index in [0.717, 1.165) is 25.7 Å². The van der Waals surface area contributed by atoms with Gasteiger partial charge in [0, 0.05) is 17.5 Å². The molecular formula is C14H21NO3S2. The smallest absolute Gasteiger partial charge is 0.244 e. The number of aliphatic hydroxyl groups excluding tert-OH is 1. The first kappa shape index (κ1) is 14.5. The molecule has 2 heterocycles. The molecule has 1 saturated heterocycles. The molecule has 1 aromatic heterocycles. The summed E-state index contributed by atoms with van der Waals surface area (Å²) < 4.78 is 27.4. The molecule has 1 aliphatic carbocycles. The molecule has 1 atom stereocenters. The molecule has 1 saturated carbocycles. The minimum Gasteiger partial charge on any atom is -0.391 e. The Labute approximate surface area is 124 Å². The molecule has 1 N–H and O–H groups in total. The van der Waals surface area contributed by atoms with Gasteiger partial charge in [-0.05, 0) is 43.0 Å². The highest BCUT2D eigenvalue weighted by molar-refractivity contribution is 7.89.